The molecule has 0 heterocycles. The van der Waals surface area contributed by atoms with E-state index in [1.807, 2.05) is 0 Å². The predicted octanol–water partition coefficient (Wildman–Crippen LogP) is 3.67. The van der Waals surface area contributed by atoms with Crippen molar-refractivity contribution in [1.29, 1.82) is 0 Å². The highest BCUT2D eigenvalue weighted by atomic mass is 16.5. The number of hydrogen-bond acceptors (Lipinski definition) is 3. The summed E-state index contributed by atoms with van der Waals surface area (Å²) in [6.45, 7) is 8.00. The summed E-state index contributed by atoms with van der Waals surface area (Å²) < 4.78 is 5.29. The molecule has 3 nitrogen and oxygen atoms in total. The van der Waals surface area contributed by atoms with Crippen LogP contribution in [0.25, 0.3) is 0 Å². The molecule has 0 saturated heterocycles. The molecule has 120 valence electrons. The van der Waals surface area contributed by atoms with E-state index in [1.165, 1.54) is 38.5 Å². The Balaban J connectivity index is 1.59. The van der Waals surface area contributed by atoms with Crippen molar-refractivity contribution in [2.24, 2.45) is 16.7 Å². The van der Waals surface area contributed by atoms with Gasteiger partial charge in [0, 0.05) is 5.54 Å². The van der Waals surface area contributed by atoms with Gasteiger partial charge < -0.3 is 10.1 Å². The standard InChI is InChI=1S/C18H31NO2/c1-4-5-6-21-15(20)10-19-18-9-14-7-16(2,12-18)11-17(3,8-14)13-18/h14,19H,4-13H2,1-3H3. The zero-order chi connectivity index (χ0) is 15.1. The fraction of sp³-hybridized carbons (Fsp3) is 0.944. The van der Waals surface area contributed by atoms with Crippen molar-refractivity contribution in [2.75, 3.05) is 13.2 Å². The van der Waals surface area contributed by atoms with Crippen molar-refractivity contribution < 1.29 is 9.53 Å². The first-order valence-corrected chi connectivity index (χ1v) is 8.77. The van der Waals surface area contributed by atoms with Gasteiger partial charge >= 0.3 is 5.97 Å². The second-order valence-corrected chi connectivity index (χ2v) is 8.84. The SMILES string of the molecule is CCCCOC(=O)CNC12CC3CC(C)(CC(C)(C3)C1)C2. The van der Waals surface area contributed by atoms with E-state index < -0.39 is 0 Å². The van der Waals surface area contributed by atoms with E-state index in [1.54, 1.807) is 0 Å². The second-order valence-electron chi connectivity index (χ2n) is 8.84. The van der Waals surface area contributed by atoms with Crippen LogP contribution in [0.3, 0.4) is 0 Å². The number of unbranched alkanes of at least 4 members (excludes halogenated alkanes) is 1. The van der Waals surface area contributed by atoms with Crippen LogP contribution in [0.5, 0.6) is 0 Å². The molecule has 4 bridgehead atoms. The average Bonchev–Trinajstić information content (AvgIpc) is 2.32. The van der Waals surface area contributed by atoms with E-state index in [9.17, 15) is 4.79 Å². The number of hydrogen-bond donors (Lipinski definition) is 1. The van der Waals surface area contributed by atoms with Crippen LogP contribution in [0.15, 0.2) is 0 Å². The molecule has 2 atom stereocenters. The molecule has 0 amide bonds. The Bertz CT molecular complexity index is 401. The quantitative estimate of drug-likeness (QED) is 0.600. The number of carbonyl (C=O) groups is 1. The topological polar surface area (TPSA) is 38.3 Å². The van der Waals surface area contributed by atoms with Gasteiger partial charge in [-0.2, -0.15) is 0 Å². The molecular weight excluding hydrogens is 262 g/mol. The maximum Gasteiger partial charge on any atom is 0.319 e. The molecule has 1 N–H and O–H groups in total. The summed E-state index contributed by atoms with van der Waals surface area (Å²) in [4.78, 5) is 11.9. The molecule has 21 heavy (non-hydrogen) atoms. The molecule has 4 rings (SSSR count). The van der Waals surface area contributed by atoms with Gasteiger partial charge in [-0.15, -0.1) is 0 Å². The Labute approximate surface area is 129 Å². The summed E-state index contributed by atoms with van der Waals surface area (Å²) in [6, 6.07) is 0. The Kier molecular flexibility index (Phi) is 3.84. The lowest BCUT2D eigenvalue weighted by Crippen LogP contribution is -2.64. The van der Waals surface area contributed by atoms with E-state index >= 15 is 0 Å². The molecule has 0 aromatic rings. The lowest BCUT2D eigenvalue weighted by molar-refractivity contribution is -0.147. The largest absolute Gasteiger partial charge is 0.465 e. The van der Waals surface area contributed by atoms with Gasteiger partial charge in [-0.05, 0) is 61.7 Å². The molecule has 4 fully saturated rings. The maximum atomic E-state index is 11.9. The highest BCUT2D eigenvalue weighted by Crippen LogP contribution is 2.66. The van der Waals surface area contributed by atoms with Crippen molar-refractivity contribution in [3.8, 4) is 0 Å². The number of esters is 1. The van der Waals surface area contributed by atoms with Crippen molar-refractivity contribution in [1.82, 2.24) is 5.32 Å². The number of ether oxygens (including phenoxy) is 1. The molecule has 0 aromatic carbocycles. The third kappa shape index (κ3) is 3.13. The normalized spacial score (nSPS) is 44.0. The second kappa shape index (κ2) is 5.26. The summed E-state index contributed by atoms with van der Waals surface area (Å²) in [7, 11) is 0. The highest BCUT2D eigenvalue weighted by Gasteiger charge is 2.59. The molecule has 4 aliphatic rings. The molecule has 4 saturated carbocycles. The lowest BCUT2D eigenvalue weighted by Gasteiger charge is -2.65. The van der Waals surface area contributed by atoms with Gasteiger partial charge in [-0.3, -0.25) is 4.79 Å². The molecule has 3 heteroatoms. The van der Waals surface area contributed by atoms with E-state index in [-0.39, 0.29) is 11.5 Å². The Hall–Kier alpha value is -0.570. The van der Waals surface area contributed by atoms with Crippen LogP contribution in [-0.4, -0.2) is 24.7 Å². The smallest absolute Gasteiger partial charge is 0.319 e. The van der Waals surface area contributed by atoms with E-state index in [4.69, 9.17) is 4.74 Å². The molecular formula is C18H31NO2. The van der Waals surface area contributed by atoms with Crippen LogP contribution in [0, 0.1) is 16.7 Å². The van der Waals surface area contributed by atoms with Crippen LogP contribution in [0.4, 0.5) is 0 Å². The number of carbonyl (C=O) groups excluding carboxylic acids is 1. The minimum absolute atomic E-state index is 0.0745. The molecule has 0 aromatic heterocycles. The highest BCUT2D eigenvalue weighted by molar-refractivity contribution is 5.71. The summed E-state index contributed by atoms with van der Waals surface area (Å²) >= 11 is 0. The van der Waals surface area contributed by atoms with Crippen LogP contribution in [0.2, 0.25) is 0 Å². The van der Waals surface area contributed by atoms with Crippen LogP contribution >= 0.6 is 0 Å². The molecule has 4 aliphatic carbocycles. The molecule has 0 aliphatic heterocycles. The lowest BCUT2D eigenvalue weighted by atomic mass is 9.43. The zero-order valence-corrected chi connectivity index (χ0v) is 14.0. The maximum absolute atomic E-state index is 11.9. The minimum Gasteiger partial charge on any atom is -0.465 e. The van der Waals surface area contributed by atoms with Gasteiger partial charge in [0.15, 0.2) is 0 Å². The Morgan fingerprint density at radius 2 is 1.81 bits per heavy atom. The number of nitrogens with one attached hydrogen (secondary N) is 1. The van der Waals surface area contributed by atoms with E-state index in [2.05, 4.69) is 26.1 Å². The van der Waals surface area contributed by atoms with Crippen LogP contribution < -0.4 is 5.32 Å². The first-order valence-electron chi connectivity index (χ1n) is 8.77. The summed E-state index contributed by atoms with van der Waals surface area (Å²) in [5.74, 6) is 0.786. The summed E-state index contributed by atoms with van der Waals surface area (Å²) in [5.41, 5.74) is 1.19. The molecule has 2 unspecified atom stereocenters. The van der Waals surface area contributed by atoms with Crippen LogP contribution in [0.1, 0.15) is 72.1 Å². The van der Waals surface area contributed by atoms with Crippen molar-refractivity contribution in [2.45, 2.75) is 77.7 Å². The zero-order valence-electron chi connectivity index (χ0n) is 14.0. The van der Waals surface area contributed by atoms with Gasteiger partial charge in [-0.25, -0.2) is 0 Å². The average molecular weight is 293 g/mol. The fourth-order valence-corrected chi connectivity index (χ4v) is 6.29. The minimum atomic E-state index is -0.0745. The van der Waals surface area contributed by atoms with E-state index in [0.29, 0.717) is 24.0 Å². The first-order chi connectivity index (χ1) is 9.86. The van der Waals surface area contributed by atoms with Gasteiger partial charge in [-0.1, -0.05) is 27.2 Å². The number of rotatable bonds is 6. The fourth-order valence-electron chi connectivity index (χ4n) is 6.29. The van der Waals surface area contributed by atoms with Crippen molar-refractivity contribution >= 4 is 5.97 Å². The first kappa shape index (κ1) is 15.3. The monoisotopic (exact) mass is 293 g/mol. The third-order valence-corrected chi connectivity index (χ3v) is 5.99. The van der Waals surface area contributed by atoms with Crippen molar-refractivity contribution in [3.05, 3.63) is 0 Å². The summed E-state index contributed by atoms with van der Waals surface area (Å²) in [6.07, 6.45) is 9.96. The van der Waals surface area contributed by atoms with Crippen molar-refractivity contribution in [3.63, 3.8) is 0 Å². The van der Waals surface area contributed by atoms with E-state index in [0.717, 1.165) is 18.8 Å². The van der Waals surface area contributed by atoms with Gasteiger partial charge in [0.25, 0.3) is 0 Å². The van der Waals surface area contributed by atoms with Gasteiger partial charge in [0.05, 0.1) is 13.2 Å². The Morgan fingerprint density at radius 3 is 2.38 bits per heavy atom. The molecule has 0 spiro atoms. The molecule has 0 radical (unpaired) electrons. The van der Waals surface area contributed by atoms with Crippen LogP contribution in [-0.2, 0) is 9.53 Å². The third-order valence-electron chi connectivity index (χ3n) is 5.99. The Morgan fingerprint density at radius 1 is 1.14 bits per heavy atom. The van der Waals surface area contributed by atoms with Gasteiger partial charge in [0.2, 0.25) is 0 Å². The van der Waals surface area contributed by atoms with Gasteiger partial charge in [0.1, 0.15) is 0 Å². The summed E-state index contributed by atoms with van der Waals surface area (Å²) in [5, 5.41) is 3.63. The predicted molar refractivity (Wildman–Crippen MR) is 84.0 cm³/mol.